The lowest BCUT2D eigenvalue weighted by atomic mass is 10.4. The molecule has 6 heteroatoms. The fourth-order valence-electron chi connectivity index (χ4n) is 1.08. The quantitative estimate of drug-likeness (QED) is 0.651. The molecule has 0 fully saturated rings. The molecule has 68 valence electrons. The number of hydrogen-bond acceptors (Lipinski definition) is 2. The number of nitrogens with one attached hydrogen (secondary N) is 1. The summed E-state index contributed by atoms with van der Waals surface area (Å²) in [5.74, 6) is -2.12. The second kappa shape index (κ2) is 2.38. The molecular formula is C7H5F2N3O. The Balaban J connectivity index is 2.97. The Morgan fingerprint density at radius 1 is 1.54 bits per heavy atom. The molecule has 0 radical (unpaired) electrons. The number of aromatic nitrogens is 3. The highest BCUT2D eigenvalue weighted by atomic mass is 19.2. The van der Waals surface area contributed by atoms with Crippen molar-refractivity contribution in [2.45, 2.75) is 0 Å². The average molecular weight is 185 g/mol. The highest BCUT2D eigenvalue weighted by molar-refractivity contribution is 5.74. The van der Waals surface area contributed by atoms with Gasteiger partial charge in [-0.05, 0) is 0 Å². The molecule has 0 aliphatic rings. The van der Waals surface area contributed by atoms with Gasteiger partial charge in [-0.2, -0.15) is 9.37 Å². The number of fused-ring (bicyclic) bond motifs is 1. The van der Waals surface area contributed by atoms with Crippen LogP contribution in [-0.4, -0.2) is 14.5 Å². The third-order valence-electron chi connectivity index (χ3n) is 1.74. The largest absolute Gasteiger partial charge is 0.349 e. The van der Waals surface area contributed by atoms with Gasteiger partial charge in [0, 0.05) is 13.2 Å². The summed E-state index contributed by atoms with van der Waals surface area (Å²) in [7, 11) is 1.42. The standard InChI is InChI=1S/C7H5F2N3O/c1-12-2-3-4(8)5(9)10-6(3)11-7(12)13/h2H,1H3,(H,10,11,13). The number of nitrogens with zero attached hydrogens (tertiary/aromatic N) is 2. The van der Waals surface area contributed by atoms with Crippen LogP contribution in [0.25, 0.3) is 11.0 Å². The molecule has 4 nitrogen and oxygen atoms in total. The second-order valence-electron chi connectivity index (χ2n) is 2.65. The van der Waals surface area contributed by atoms with Crippen molar-refractivity contribution >= 4 is 11.0 Å². The maximum atomic E-state index is 12.9. The van der Waals surface area contributed by atoms with Crippen LogP contribution >= 0.6 is 0 Å². The molecule has 2 aromatic rings. The van der Waals surface area contributed by atoms with Gasteiger partial charge in [-0.3, -0.25) is 0 Å². The molecule has 2 aromatic heterocycles. The van der Waals surface area contributed by atoms with Crippen molar-refractivity contribution in [2.24, 2.45) is 7.05 Å². The Bertz CT molecular complexity index is 528. The number of hydrogen-bond donors (Lipinski definition) is 1. The summed E-state index contributed by atoms with van der Waals surface area (Å²) in [4.78, 5) is 16.4. The fraction of sp³-hybridized carbons (Fsp3) is 0.143. The van der Waals surface area contributed by atoms with E-state index in [1.807, 2.05) is 4.98 Å². The Morgan fingerprint density at radius 3 is 2.92 bits per heavy atom. The summed E-state index contributed by atoms with van der Waals surface area (Å²) in [6.07, 6.45) is 1.19. The first-order valence-corrected chi connectivity index (χ1v) is 3.50. The average Bonchev–Trinajstić information content (AvgIpc) is 2.32. The van der Waals surface area contributed by atoms with Crippen LogP contribution in [0.5, 0.6) is 0 Å². The lowest BCUT2D eigenvalue weighted by Crippen LogP contribution is -2.18. The third kappa shape index (κ3) is 1.02. The van der Waals surface area contributed by atoms with E-state index < -0.39 is 17.5 Å². The maximum absolute atomic E-state index is 12.9. The number of halogens is 2. The lowest BCUT2D eigenvalue weighted by molar-refractivity contribution is 0.498. The predicted molar refractivity (Wildman–Crippen MR) is 41.3 cm³/mol. The maximum Gasteiger partial charge on any atom is 0.349 e. The molecule has 0 spiro atoms. The lowest BCUT2D eigenvalue weighted by Gasteiger charge is -1.93. The molecule has 13 heavy (non-hydrogen) atoms. The van der Waals surface area contributed by atoms with E-state index in [-0.39, 0.29) is 11.0 Å². The molecule has 0 saturated carbocycles. The van der Waals surface area contributed by atoms with Crippen LogP contribution in [0.3, 0.4) is 0 Å². The summed E-state index contributed by atoms with van der Waals surface area (Å²) in [6, 6.07) is 0. The summed E-state index contributed by atoms with van der Waals surface area (Å²) >= 11 is 0. The smallest absolute Gasteiger partial charge is 0.313 e. The summed E-state index contributed by atoms with van der Waals surface area (Å²) in [5.41, 5.74) is -0.633. The van der Waals surface area contributed by atoms with Gasteiger partial charge >= 0.3 is 5.69 Å². The van der Waals surface area contributed by atoms with Crippen molar-refractivity contribution in [3.05, 3.63) is 28.4 Å². The van der Waals surface area contributed by atoms with Crippen LogP contribution < -0.4 is 5.69 Å². The van der Waals surface area contributed by atoms with Crippen molar-refractivity contribution in [3.8, 4) is 0 Å². The number of H-pyrrole nitrogens is 1. The van der Waals surface area contributed by atoms with Crippen LogP contribution in [0.15, 0.2) is 11.0 Å². The topological polar surface area (TPSA) is 50.7 Å². The second-order valence-corrected chi connectivity index (χ2v) is 2.65. The Morgan fingerprint density at radius 2 is 2.23 bits per heavy atom. The summed E-state index contributed by atoms with van der Waals surface area (Å²) in [5, 5.41) is -0.0281. The molecule has 2 rings (SSSR count). The van der Waals surface area contributed by atoms with Crippen molar-refractivity contribution in [1.29, 1.82) is 0 Å². The van der Waals surface area contributed by atoms with Gasteiger partial charge in [0.2, 0.25) is 5.95 Å². The Labute approximate surface area is 70.8 Å². The van der Waals surface area contributed by atoms with Gasteiger partial charge in [0.05, 0.1) is 5.39 Å². The van der Waals surface area contributed by atoms with Gasteiger partial charge in [-0.15, -0.1) is 0 Å². The van der Waals surface area contributed by atoms with Crippen LogP contribution in [0, 0.1) is 11.8 Å². The van der Waals surface area contributed by atoms with Crippen LogP contribution in [0.1, 0.15) is 0 Å². The molecule has 0 aliphatic carbocycles. The molecule has 0 aliphatic heterocycles. The normalized spacial score (nSPS) is 11.0. The first kappa shape index (κ1) is 7.90. The van der Waals surface area contributed by atoms with Gasteiger partial charge < -0.3 is 9.55 Å². The zero-order chi connectivity index (χ0) is 9.59. The fourth-order valence-corrected chi connectivity index (χ4v) is 1.08. The molecule has 0 bridgehead atoms. The number of rotatable bonds is 0. The van der Waals surface area contributed by atoms with Gasteiger partial charge in [0.1, 0.15) is 5.65 Å². The molecule has 1 N–H and O–H groups in total. The Hall–Kier alpha value is -1.72. The van der Waals surface area contributed by atoms with E-state index in [0.29, 0.717) is 0 Å². The molecule has 0 atom stereocenters. The molecule has 2 heterocycles. The van der Waals surface area contributed by atoms with E-state index in [1.54, 1.807) is 0 Å². The van der Waals surface area contributed by atoms with E-state index in [4.69, 9.17) is 0 Å². The van der Waals surface area contributed by atoms with Crippen LogP contribution in [0.2, 0.25) is 0 Å². The van der Waals surface area contributed by atoms with Gasteiger partial charge in [-0.1, -0.05) is 0 Å². The number of aromatic amines is 1. The highest BCUT2D eigenvalue weighted by Crippen LogP contribution is 2.15. The minimum atomic E-state index is -1.10. The van der Waals surface area contributed by atoms with Crippen molar-refractivity contribution in [1.82, 2.24) is 14.5 Å². The SMILES string of the molecule is Cn1cc2c(F)c(F)[nH]c2nc1=O. The van der Waals surface area contributed by atoms with E-state index in [9.17, 15) is 13.6 Å². The van der Waals surface area contributed by atoms with Crippen molar-refractivity contribution in [2.75, 3.05) is 0 Å². The van der Waals surface area contributed by atoms with Crippen molar-refractivity contribution < 1.29 is 8.78 Å². The zero-order valence-corrected chi connectivity index (χ0v) is 6.64. The zero-order valence-electron chi connectivity index (χ0n) is 6.64. The van der Waals surface area contributed by atoms with Gasteiger partial charge in [0.15, 0.2) is 5.82 Å². The van der Waals surface area contributed by atoms with E-state index in [1.165, 1.54) is 13.2 Å². The van der Waals surface area contributed by atoms with Gasteiger partial charge in [-0.25, -0.2) is 9.18 Å². The molecular weight excluding hydrogens is 180 g/mol. The highest BCUT2D eigenvalue weighted by Gasteiger charge is 2.12. The predicted octanol–water partition coefficient (Wildman–Crippen LogP) is 0.540. The van der Waals surface area contributed by atoms with E-state index in [0.717, 1.165) is 4.57 Å². The van der Waals surface area contributed by atoms with E-state index in [2.05, 4.69) is 4.98 Å². The molecule has 0 amide bonds. The minimum Gasteiger partial charge on any atom is -0.313 e. The van der Waals surface area contributed by atoms with E-state index >= 15 is 0 Å². The first-order chi connectivity index (χ1) is 6.09. The summed E-state index contributed by atoms with van der Waals surface area (Å²) in [6.45, 7) is 0. The van der Waals surface area contributed by atoms with Crippen molar-refractivity contribution in [3.63, 3.8) is 0 Å². The molecule has 0 saturated heterocycles. The summed E-state index contributed by atoms with van der Waals surface area (Å²) < 4.78 is 26.6. The Kier molecular flexibility index (Phi) is 1.45. The first-order valence-electron chi connectivity index (χ1n) is 3.50. The van der Waals surface area contributed by atoms with Gasteiger partial charge in [0.25, 0.3) is 0 Å². The van der Waals surface area contributed by atoms with Crippen LogP contribution in [-0.2, 0) is 7.05 Å². The monoisotopic (exact) mass is 185 g/mol. The third-order valence-corrected chi connectivity index (χ3v) is 1.74. The molecule has 0 aromatic carbocycles. The van der Waals surface area contributed by atoms with Crippen LogP contribution in [0.4, 0.5) is 8.78 Å². The number of aryl methyl sites for hydroxylation is 1. The minimum absolute atomic E-state index is 0.0281. The molecule has 0 unspecified atom stereocenters.